The summed E-state index contributed by atoms with van der Waals surface area (Å²) in [6.07, 6.45) is 4.74. The highest BCUT2D eigenvalue weighted by Crippen LogP contribution is 2.49. The third-order valence-corrected chi connectivity index (χ3v) is 4.50. The molecule has 0 atom stereocenters. The average Bonchev–Trinajstić information content (AvgIpc) is 3.16. The summed E-state index contributed by atoms with van der Waals surface area (Å²) in [6.45, 7) is 0.0591. The van der Waals surface area contributed by atoms with Gasteiger partial charge in [0.2, 0.25) is 5.91 Å². The van der Waals surface area contributed by atoms with E-state index in [1.54, 1.807) is 0 Å². The summed E-state index contributed by atoms with van der Waals surface area (Å²) < 4.78 is 0. The molecule has 2 fully saturated rings. The molecule has 1 aromatic rings. The van der Waals surface area contributed by atoms with Crippen molar-refractivity contribution in [2.45, 2.75) is 43.1 Å². The van der Waals surface area contributed by atoms with Crippen molar-refractivity contribution in [2.24, 2.45) is 0 Å². The van der Waals surface area contributed by atoms with Crippen LogP contribution in [-0.4, -0.2) is 23.2 Å². The molecule has 96 valence electrons. The predicted octanol–water partition coefficient (Wildman–Crippen LogP) is 1.75. The second-order valence-electron chi connectivity index (χ2n) is 5.69. The lowest BCUT2D eigenvalue weighted by Gasteiger charge is -2.42. The summed E-state index contributed by atoms with van der Waals surface area (Å²) in [5.74, 6) is 0.0995. The highest BCUT2D eigenvalue weighted by molar-refractivity contribution is 5.91. The zero-order valence-corrected chi connectivity index (χ0v) is 10.5. The molecule has 2 aliphatic carbocycles. The Balaban J connectivity index is 1.77. The molecule has 2 saturated carbocycles. The summed E-state index contributed by atoms with van der Waals surface area (Å²) in [5.41, 5.74) is 0.454. The largest absolute Gasteiger partial charge is 0.394 e. The topological polar surface area (TPSA) is 49.3 Å². The minimum absolute atomic E-state index is 0.0591. The Bertz CT molecular complexity index is 441. The number of hydrogen-bond donors (Lipinski definition) is 2. The van der Waals surface area contributed by atoms with Crippen molar-refractivity contribution in [3.63, 3.8) is 0 Å². The molecule has 18 heavy (non-hydrogen) atoms. The van der Waals surface area contributed by atoms with E-state index in [-0.39, 0.29) is 23.5 Å². The normalized spacial score (nSPS) is 22.9. The van der Waals surface area contributed by atoms with Gasteiger partial charge in [0.15, 0.2) is 0 Å². The van der Waals surface area contributed by atoms with Crippen molar-refractivity contribution in [1.82, 2.24) is 5.32 Å². The standard InChI is InChI=1S/C15H19NO2/c17-11-14(7-4-8-14)16-13(18)15(9-10-15)12-5-2-1-3-6-12/h1-3,5-6,17H,4,7-11H2,(H,16,18). The highest BCUT2D eigenvalue weighted by Gasteiger charge is 2.53. The smallest absolute Gasteiger partial charge is 0.231 e. The van der Waals surface area contributed by atoms with Crippen LogP contribution in [-0.2, 0) is 10.2 Å². The van der Waals surface area contributed by atoms with E-state index in [4.69, 9.17) is 0 Å². The van der Waals surface area contributed by atoms with E-state index >= 15 is 0 Å². The van der Waals surface area contributed by atoms with Crippen LogP contribution in [0.2, 0.25) is 0 Å². The Kier molecular flexibility index (Phi) is 2.67. The van der Waals surface area contributed by atoms with Gasteiger partial charge in [-0.15, -0.1) is 0 Å². The van der Waals surface area contributed by atoms with Crippen LogP contribution in [0.5, 0.6) is 0 Å². The molecule has 1 aromatic carbocycles. The van der Waals surface area contributed by atoms with E-state index < -0.39 is 0 Å². The second kappa shape index (κ2) is 4.09. The number of carbonyl (C=O) groups is 1. The summed E-state index contributed by atoms with van der Waals surface area (Å²) in [7, 11) is 0. The zero-order chi connectivity index (χ0) is 12.6. The maximum atomic E-state index is 12.5. The van der Waals surface area contributed by atoms with Crippen LogP contribution in [0.4, 0.5) is 0 Å². The first kappa shape index (κ1) is 11.7. The highest BCUT2D eigenvalue weighted by atomic mass is 16.3. The maximum Gasteiger partial charge on any atom is 0.231 e. The maximum absolute atomic E-state index is 12.5. The number of amides is 1. The lowest BCUT2D eigenvalue weighted by Crippen LogP contribution is -2.58. The number of hydrogen-bond acceptors (Lipinski definition) is 2. The van der Waals surface area contributed by atoms with E-state index in [9.17, 15) is 9.90 Å². The third-order valence-electron chi connectivity index (χ3n) is 4.50. The van der Waals surface area contributed by atoms with E-state index in [0.29, 0.717) is 0 Å². The summed E-state index contributed by atoms with van der Waals surface area (Å²) >= 11 is 0. The summed E-state index contributed by atoms with van der Waals surface area (Å²) in [4.78, 5) is 12.5. The second-order valence-corrected chi connectivity index (χ2v) is 5.69. The number of nitrogens with one attached hydrogen (secondary N) is 1. The molecule has 3 nitrogen and oxygen atoms in total. The fourth-order valence-corrected chi connectivity index (χ4v) is 2.82. The van der Waals surface area contributed by atoms with Crippen molar-refractivity contribution in [3.8, 4) is 0 Å². The Labute approximate surface area is 107 Å². The summed E-state index contributed by atoms with van der Waals surface area (Å²) in [5, 5.41) is 12.5. The molecule has 0 spiro atoms. The van der Waals surface area contributed by atoms with E-state index in [1.807, 2.05) is 30.3 Å². The van der Waals surface area contributed by atoms with Gasteiger partial charge in [-0.1, -0.05) is 30.3 Å². The van der Waals surface area contributed by atoms with Gasteiger partial charge >= 0.3 is 0 Å². The van der Waals surface area contributed by atoms with Gasteiger partial charge in [0.05, 0.1) is 17.6 Å². The average molecular weight is 245 g/mol. The molecular formula is C15H19NO2. The van der Waals surface area contributed by atoms with Gasteiger partial charge in [0.25, 0.3) is 0 Å². The third kappa shape index (κ3) is 1.74. The number of aliphatic hydroxyl groups is 1. The van der Waals surface area contributed by atoms with Gasteiger partial charge in [-0.05, 0) is 37.7 Å². The molecule has 0 saturated heterocycles. The number of aliphatic hydroxyl groups excluding tert-OH is 1. The fraction of sp³-hybridized carbons (Fsp3) is 0.533. The molecule has 0 radical (unpaired) electrons. The van der Waals surface area contributed by atoms with Gasteiger partial charge < -0.3 is 10.4 Å². The minimum Gasteiger partial charge on any atom is -0.394 e. The van der Waals surface area contributed by atoms with Crippen LogP contribution < -0.4 is 5.32 Å². The molecule has 3 rings (SSSR count). The number of benzene rings is 1. The Morgan fingerprint density at radius 3 is 2.28 bits per heavy atom. The van der Waals surface area contributed by atoms with Crippen LogP contribution in [0.3, 0.4) is 0 Å². The van der Waals surface area contributed by atoms with Crippen LogP contribution >= 0.6 is 0 Å². The van der Waals surface area contributed by atoms with E-state index in [1.165, 1.54) is 0 Å². The van der Waals surface area contributed by atoms with Gasteiger partial charge in [0.1, 0.15) is 0 Å². The first-order valence-electron chi connectivity index (χ1n) is 6.70. The van der Waals surface area contributed by atoms with Gasteiger partial charge in [-0.2, -0.15) is 0 Å². The minimum atomic E-state index is -0.332. The van der Waals surface area contributed by atoms with Crippen molar-refractivity contribution < 1.29 is 9.90 Å². The Hall–Kier alpha value is -1.35. The monoisotopic (exact) mass is 245 g/mol. The molecular weight excluding hydrogens is 226 g/mol. The van der Waals surface area contributed by atoms with Gasteiger partial charge in [-0.25, -0.2) is 0 Å². The lowest BCUT2D eigenvalue weighted by atomic mass is 9.76. The molecule has 2 N–H and O–H groups in total. The molecule has 2 aliphatic rings. The first-order valence-corrected chi connectivity index (χ1v) is 6.70. The first-order chi connectivity index (χ1) is 8.71. The quantitative estimate of drug-likeness (QED) is 0.849. The van der Waals surface area contributed by atoms with Crippen LogP contribution in [0.15, 0.2) is 30.3 Å². The lowest BCUT2D eigenvalue weighted by molar-refractivity contribution is -0.127. The van der Waals surface area contributed by atoms with E-state index in [0.717, 1.165) is 37.7 Å². The number of rotatable bonds is 4. The van der Waals surface area contributed by atoms with Crippen molar-refractivity contribution in [2.75, 3.05) is 6.61 Å². The van der Waals surface area contributed by atoms with Crippen LogP contribution in [0.25, 0.3) is 0 Å². The van der Waals surface area contributed by atoms with Gasteiger partial charge in [0, 0.05) is 0 Å². The van der Waals surface area contributed by atoms with Crippen LogP contribution in [0, 0.1) is 0 Å². The number of carbonyl (C=O) groups excluding carboxylic acids is 1. The summed E-state index contributed by atoms with van der Waals surface area (Å²) in [6, 6.07) is 9.98. The van der Waals surface area contributed by atoms with Crippen molar-refractivity contribution >= 4 is 5.91 Å². The molecule has 0 heterocycles. The predicted molar refractivity (Wildman–Crippen MR) is 69.2 cm³/mol. The Morgan fingerprint density at radius 2 is 1.83 bits per heavy atom. The van der Waals surface area contributed by atoms with Gasteiger partial charge in [-0.3, -0.25) is 4.79 Å². The van der Waals surface area contributed by atoms with E-state index in [2.05, 4.69) is 5.32 Å². The van der Waals surface area contributed by atoms with Crippen molar-refractivity contribution in [1.29, 1.82) is 0 Å². The Morgan fingerprint density at radius 1 is 1.17 bits per heavy atom. The van der Waals surface area contributed by atoms with Crippen molar-refractivity contribution in [3.05, 3.63) is 35.9 Å². The van der Waals surface area contributed by atoms with Crippen LogP contribution in [0.1, 0.15) is 37.7 Å². The SMILES string of the molecule is O=C(NC1(CO)CCC1)C1(c2ccccc2)CC1. The zero-order valence-electron chi connectivity index (χ0n) is 10.5. The molecule has 0 aromatic heterocycles. The molecule has 3 heteroatoms. The fourth-order valence-electron chi connectivity index (χ4n) is 2.82. The molecule has 0 aliphatic heterocycles. The molecule has 1 amide bonds. The molecule has 0 unspecified atom stereocenters. The molecule has 0 bridgehead atoms.